The molecule has 0 amide bonds. The maximum absolute atomic E-state index is 2.72. The lowest BCUT2D eigenvalue weighted by molar-refractivity contribution is 0.0459. The van der Waals surface area contributed by atoms with Crippen LogP contribution in [0.4, 0.5) is 0 Å². The molecule has 7 unspecified atom stereocenters. The zero-order chi connectivity index (χ0) is 20.5. The molecule has 0 aromatic rings. The average molecular weight is 403 g/mol. The first-order chi connectivity index (χ1) is 13.2. The molecule has 0 heteroatoms. The highest BCUT2D eigenvalue weighted by molar-refractivity contribution is 5.21. The normalized spacial score (nSPS) is 40.9. The van der Waals surface area contributed by atoms with E-state index in [0.29, 0.717) is 10.8 Å². The Morgan fingerprint density at radius 2 is 1.79 bits per heavy atom. The monoisotopic (exact) mass is 402 g/mol. The van der Waals surface area contributed by atoms with E-state index in [1.165, 1.54) is 70.6 Å². The van der Waals surface area contributed by atoms with E-state index in [2.05, 4.69) is 54.5 Å². The zero-order valence-electron chi connectivity index (χ0n) is 20.3. The van der Waals surface area contributed by atoms with Crippen molar-refractivity contribution in [3.8, 4) is 0 Å². The molecule has 2 fully saturated rings. The molecule has 3 aliphatic rings. The fourth-order valence-corrected chi connectivity index (χ4v) is 7.85. The van der Waals surface area contributed by atoms with Crippen LogP contribution in [0.25, 0.3) is 0 Å². The van der Waals surface area contributed by atoms with Crippen molar-refractivity contribution in [3.05, 3.63) is 11.6 Å². The van der Waals surface area contributed by atoms with Crippen LogP contribution in [-0.2, 0) is 0 Å². The number of hydrogen-bond donors (Lipinski definition) is 0. The molecule has 0 radical (unpaired) electrons. The van der Waals surface area contributed by atoms with E-state index >= 15 is 0 Å². The summed E-state index contributed by atoms with van der Waals surface area (Å²) in [5, 5.41) is 0. The Hall–Kier alpha value is -0.260. The Kier molecular flexibility index (Phi) is 8.54. The van der Waals surface area contributed by atoms with Gasteiger partial charge in [0.25, 0.3) is 0 Å². The Balaban J connectivity index is 0.00000300. The third kappa shape index (κ3) is 5.15. The summed E-state index contributed by atoms with van der Waals surface area (Å²) in [7, 11) is 0. The minimum atomic E-state index is 0. The van der Waals surface area contributed by atoms with Crippen LogP contribution in [0.15, 0.2) is 11.6 Å². The van der Waals surface area contributed by atoms with E-state index in [9.17, 15) is 0 Å². The van der Waals surface area contributed by atoms with E-state index in [1.54, 1.807) is 0 Å². The summed E-state index contributed by atoms with van der Waals surface area (Å²) < 4.78 is 0. The summed E-state index contributed by atoms with van der Waals surface area (Å²) in [6, 6.07) is 0. The SMILES string of the molecule is C.CCC1(C)C(C(C)CCCC(C)C)CCC1C1CC=C2CC(C)CCC2(C)C1. The fourth-order valence-electron chi connectivity index (χ4n) is 7.85. The molecule has 0 bridgehead atoms. The van der Waals surface area contributed by atoms with Crippen molar-refractivity contribution in [2.24, 2.45) is 46.3 Å². The van der Waals surface area contributed by atoms with E-state index in [0.717, 1.165) is 35.5 Å². The standard InChI is InChI=1S/C28H50.CH4/c1-8-28(7)25(22(5)11-9-10-20(2)3)14-15-26(28)23-12-13-24-18-21(4)16-17-27(24,6)19-23;/h13,20-23,25-26H,8-12,14-19H2,1-7H3;1H4. The molecule has 0 aliphatic heterocycles. The van der Waals surface area contributed by atoms with Gasteiger partial charge in [0.15, 0.2) is 0 Å². The molecule has 3 aliphatic carbocycles. The number of rotatable bonds is 7. The van der Waals surface area contributed by atoms with Gasteiger partial charge in [-0.1, -0.05) is 93.2 Å². The quantitative estimate of drug-likeness (QED) is 0.372. The van der Waals surface area contributed by atoms with Crippen LogP contribution in [0, 0.1) is 46.3 Å². The van der Waals surface area contributed by atoms with Gasteiger partial charge < -0.3 is 0 Å². The largest absolute Gasteiger partial charge is 0.0845 e. The zero-order valence-corrected chi connectivity index (χ0v) is 20.3. The third-order valence-corrected chi connectivity index (χ3v) is 9.85. The minimum absolute atomic E-state index is 0. The second-order valence-electron chi connectivity index (χ2n) is 12.3. The molecular weight excluding hydrogens is 348 g/mol. The van der Waals surface area contributed by atoms with Crippen LogP contribution < -0.4 is 0 Å². The fraction of sp³-hybridized carbons (Fsp3) is 0.931. The lowest BCUT2D eigenvalue weighted by atomic mass is 9.56. The first-order valence-corrected chi connectivity index (χ1v) is 12.9. The molecule has 0 aromatic carbocycles. The number of hydrogen-bond acceptors (Lipinski definition) is 0. The molecule has 0 aromatic heterocycles. The van der Waals surface area contributed by atoms with E-state index in [4.69, 9.17) is 0 Å². The van der Waals surface area contributed by atoms with E-state index < -0.39 is 0 Å². The second kappa shape index (κ2) is 9.91. The molecule has 170 valence electrons. The highest BCUT2D eigenvalue weighted by atomic mass is 14.6. The molecule has 2 saturated carbocycles. The lowest BCUT2D eigenvalue weighted by Crippen LogP contribution is -2.40. The number of allylic oxidation sites excluding steroid dienone is 2. The molecule has 3 rings (SSSR count). The van der Waals surface area contributed by atoms with Crippen LogP contribution in [0.3, 0.4) is 0 Å². The van der Waals surface area contributed by atoms with Crippen LogP contribution in [-0.4, -0.2) is 0 Å². The van der Waals surface area contributed by atoms with Crippen LogP contribution in [0.5, 0.6) is 0 Å². The first kappa shape index (κ1) is 25.0. The van der Waals surface area contributed by atoms with Gasteiger partial charge in [0.05, 0.1) is 0 Å². The highest BCUT2D eigenvalue weighted by Crippen LogP contribution is 2.61. The second-order valence-corrected chi connectivity index (χ2v) is 12.3. The Morgan fingerprint density at radius 1 is 1.07 bits per heavy atom. The Bertz CT molecular complexity index is 542. The molecule has 0 N–H and O–H groups in total. The molecule has 0 heterocycles. The van der Waals surface area contributed by atoms with Crippen LogP contribution in [0.2, 0.25) is 0 Å². The van der Waals surface area contributed by atoms with Crippen molar-refractivity contribution in [2.45, 2.75) is 127 Å². The van der Waals surface area contributed by atoms with Gasteiger partial charge in [-0.2, -0.15) is 0 Å². The summed E-state index contributed by atoms with van der Waals surface area (Å²) in [6.07, 6.45) is 18.6. The van der Waals surface area contributed by atoms with E-state index in [-0.39, 0.29) is 7.43 Å². The summed E-state index contributed by atoms with van der Waals surface area (Å²) >= 11 is 0. The topological polar surface area (TPSA) is 0 Å². The first-order valence-electron chi connectivity index (χ1n) is 12.9. The maximum atomic E-state index is 2.72. The van der Waals surface area contributed by atoms with Gasteiger partial charge in [-0.25, -0.2) is 0 Å². The van der Waals surface area contributed by atoms with Crippen molar-refractivity contribution in [3.63, 3.8) is 0 Å². The Labute approximate surface area is 184 Å². The average Bonchev–Trinajstić information content (AvgIpc) is 2.99. The molecular formula is C29H54. The van der Waals surface area contributed by atoms with E-state index in [1.807, 2.05) is 5.57 Å². The van der Waals surface area contributed by atoms with Crippen molar-refractivity contribution in [1.29, 1.82) is 0 Å². The summed E-state index contributed by atoms with van der Waals surface area (Å²) in [5.41, 5.74) is 2.94. The number of fused-ring (bicyclic) bond motifs is 1. The van der Waals surface area contributed by atoms with Crippen molar-refractivity contribution in [2.75, 3.05) is 0 Å². The molecule has 0 spiro atoms. The summed E-state index contributed by atoms with van der Waals surface area (Å²) in [5.74, 6) is 5.56. The van der Waals surface area contributed by atoms with Crippen molar-refractivity contribution < 1.29 is 0 Å². The van der Waals surface area contributed by atoms with Gasteiger partial charge >= 0.3 is 0 Å². The predicted octanol–water partition coefficient (Wildman–Crippen LogP) is 9.69. The maximum Gasteiger partial charge on any atom is -0.0113 e. The highest BCUT2D eigenvalue weighted by Gasteiger charge is 2.51. The minimum Gasteiger partial charge on any atom is -0.0845 e. The third-order valence-electron chi connectivity index (χ3n) is 9.85. The summed E-state index contributed by atoms with van der Waals surface area (Å²) in [4.78, 5) is 0. The van der Waals surface area contributed by atoms with Gasteiger partial charge in [0, 0.05) is 0 Å². The Morgan fingerprint density at radius 3 is 2.45 bits per heavy atom. The smallest absolute Gasteiger partial charge is 0.0113 e. The molecule has 7 atom stereocenters. The van der Waals surface area contributed by atoms with Crippen LogP contribution in [0.1, 0.15) is 127 Å². The molecule has 0 saturated heterocycles. The molecule has 0 nitrogen and oxygen atoms in total. The van der Waals surface area contributed by atoms with Gasteiger partial charge in [0.1, 0.15) is 0 Å². The molecule has 29 heavy (non-hydrogen) atoms. The van der Waals surface area contributed by atoms with Gasteiger partial charge in [-0.05, 0) is 91.3 Å². The lowest BCUT2D eigenvalue weighted by Gasteiger charge is -2.49. The van der Waals surface area contributed by atoms with Crippen molar-refractivity contribution >= 4 is 0 Å². The van der Waals surface area contributed by atoms with Crippen molar-refractivity contribution in [1.82, 2.24) is 0 Å². The van der Waals surface area contributed by atoms with Gasteiger partial charge in [-0.3, -0.25) is 0 Å². The van der Waals surface area contributed by atoms with Gasteiger partial charge in [-0.15, -0.1) is 0 Å². The van der Waals surface area contributed by atoms with Crippen LogP contribution >= 0.6 is 0 Å². The summed E-state index contributed by atoms with van der Waals surface area (Å²) in [6.45, 7) is 17.6. The van der Waals surface area contributed by atoms with Gasteiger partial charge in [0.2, 0.25) is 0 Å². The predicted molar refractivity (Wildman–Crippen MR) is 131 cm³/mol.